The smallest absolute Gasteiger partial charge is 0.0596 e. The van der Waals surface area contributed by atoms with Gasteiger partial charge in [-0.25, -0.2) is 0 Å². The zero-order valence-corrected chi connectivity index (χ0v) is 11.2. The van der Waals surface area contributed by atoms with E-state index in [1.807, 2.05) is 37.0 Å². The van der Waals surface area contributed by atoms with Gasteiger partial charge in [0.15, 0.2) is 0 Å². The fourth-order valence-corrected chi connectivity index (χ4v) is 2.17. The maximum Gasteiger partial charge on any atom is 0.0596 e. The largest absolute Gasteiger partial charge is 0.309 e. The van der Waals surface area contributed by atoms with Crippen LogP contribution in [-0.2, 0) is 13.5 Å². The fraction of sp³-hybridized carbons (Fsp3) is 0.429. The van der Waals surface area contributed by atoms with Gasteiger partial charge in [-0.3, -0.25) is 9.67 Å². The highest BCUT2D eigenvalue weighted by Crippen LogP contribution is 2.16. The van der Waals surface area contributed by atoms with Crippen LogP contribution in [-0.4, -0.2) is 21.3 Å². The first-order chi connectivity index (χ1) is 8.70. The van der Waals surface area contributed by atoms with Gasteiger partial charge < -0.3 is 5.32 Å². The van der Waals surface area contributed by atoms with Crippen LogP contribution in [0.25, 0.3) is 0 Å². The van der Waals surface area contributed by atoms with Crippen molar-refractivity contribution in [2.24, 2.45) is 7.05 Å². The Bertz CT molecular complexity index is 490. The van der Waals surface area contributed by atoms with Crippen LogP contribution in [0.5, 0.6) is 0 Å². The van der Waals surface area contributed by atoms with E-state index in [9.17, 15) is 0 Å². The second-order valence-corrected chi connectivity index (χ2v) is 4.47. The Kier molecular flexibility index (Phi) is 4.10. The third-order valence-corrected chi connectivity index (χ3v) is 3.01. The van der Waals surface area contributed by atoms with Crippen LogP contribution in [0.4, 0.5) is 0 Å². The molecule has 2 heterocycles. The molecule has 0 fully saturated rings. The van der Waals surface area contributed by atoms with Crippen molar-refractivity contribution < 1.29 is 0 Å². The van der Waals surface area contributed by atoms with Gasteiger partial charge in [0, 0.05) is 25.4 Å². The molecule has 1 unspecified atom stereocenters. The first-order valence-electron chi connectivity index (χ1n) is 6.34. The quantitative estimate of drug-likeness (QED) is 0.875. The van der Waals surface area contributed by atoms with Crippen LogP contribution in [0, 0.1) is 6.92 Å². The van der Waals surface area contributed by atoms with Crippen molar-refractivity contribution in [1.29, 1.82) is 0 Å². The minimum Gasteiger partial charge on any atom is -0.309 e. The van der Waals surface area contributed by atoms with Crippen molar-refractivity contribution in [3.8, 4) is 0 Å². The summed E-state index contributed by atoms with van der Waals surface area (Å²) in [6, 6.07) is 8.41. The number of rotatable bonds is 5. The van der Waals surface area contributed by atoms with Crippen LogP contribution in [0.15, 0.2) is 30.5 Å². The average molecular weight is 244 g/mol. The number of hydrogen-bond acceptors (Lipinski definition) is 3. The molecule has 2 rings (SSSR count). The topological polar surface area (TPSA) is 42.7 Å². The molecule has 0 amide bonds. The average Bonchev–Trinajstić information content (AvgIpc) is 2.68. The number of likely N-dealkylation sites (N-methyl/N-ethyl adjacent to an activating group) is 1. The molecule has 0 aliphatic heterocycles. The molecular weight excluding hydrogens is 224 g/mol. The maximum atomic E-state index is 4.44. The van der Waals surface area contributed by atoms with Gasteiger partial charge in [-0.05, 0) is 31.7 Å². The third-order valence-electron chi connectivity index (χ3n) is 3.01. The Hall–Kier alpha value is -1.68. The van der Waals surface area contributed by atoms with E-state index in [0.29, 0.717) is 0 Å². The summed E-state index contributed by atoms with van der Waals surface area (Å²) < 4.78 is 1.95. The Labute approximate surface area is 108 Å². The van der Waals surface area contributed by atoms with Gasteiger partial charge >= 0.3 is 0 Å². The second-order valence-electron chi connectivity index (χ2n) is 4.47. The van der Waals surface area contributed by atoms with Gasteiger partial charge in [-0.1, -0.05) is 13.0 Å². The molecule has 4 heteroatoms. The van der Waals surface area contributed by atoms with Crippen LogP contribution >= 0.6 is 0 Å². The maximum absolute atomic E-state index is 4.44. The van der Waals surface area contributed by atoms with E-state index < -0.39 is 0 Å². The molecule has 0 bridgehead atoms. The minimum absolute atomic E-state index is 0.242. The highest BCUT2D eigenvalue weighted by Gasteiger charge is 2.14. The predicted molar refractivity (Wildman–Crippen MR) is 72.3 cm³/mol. The monoisotopic (exact) mass is 244 g/mol. The Morgan fingerprint density at radius 2 is 2.22 bits per heavy atom. The predicted octanol–water partition coefficient (Wildman–Crippen LogP) is 2.02. The van der Waals surface area contributed by atoms with Crippen LogP contribution in [0.2, 0.25) is 0 Å². The number of nitrogens with one attached hydrogen (secondary N) is 1. The molecule has 2 aromatic heterocycles. The Morgan fingerprint density at radius 3 is 2.78 bits per heavy atom. The van der Waals surface area contributed by atoms with Crippen molar-refractivity contribution in [3.63, 3.8) is 0 Å². The highest BCUT2D eigenvalue weighted by molar-refractivity contribution is 5.15. The van der Waals surface area contributed by atoms with Gasteiger partial charge in [-0.15, -0.1) is 0 Å². The summed E-state index contributed by atoms with van der Waals surface area (Å²) in [6.45, 7) is 5.06. The Morgan fingerprint density at radius 1 is 1.39 bits per heavy atom. The molecule has 0 spiro atoms. The summed E-state index contributed by atoms with van der Waals surface area (Å²) in [7, 11) is 1.99. The van der Waals surface area contributed by atoms with E-state index in [1.165, 1.54) is 5.69 Å². The molecule has 0 aliphatic carbocycles. The van der Waals surface area contributed by atoms with E-state index in [1.54, 1.807) is 0 Å². The zero-order valence-electron chi connectivity index (χ0n) is 11.2. The molecule has 1 atom stereocenters. The molecule has 96 valence electrons. The summed E-state index contributed by atoms with van der Waals surface area (Å²) in [5.41, 5.74) is 3.37. The summed E-state index contributed by atoms with van der Waals surface area (Å²) in [4.78, 5) is 4.44. The van der Waals surface area contributed by atoms with Gasteiger partial charge in [0.05, 0.1) is 17.4 Å². The molecule has 0 saturated carbocycles. The number of pyridine rings is 1. The summed E-state index contributed by atoms with van der Waals surface area (Å²) in [6.07, 6.45) is 2.75. The lowest BCUT2D eigenvalue weighted by Gasteiger charge is -2.17. The fourth-order valence-electron chi connectivity index (χ4n) is 2.17. The zero-order chi connectivity index (χ0) is 13.0. The van der Waals surface area contributed by atoms with Crippen LogP contribution < -0.4 is 5.32 Å². The Balaban J connectivity index is 2.19. The molecule has 0 aliphatic rings. The molecular formula is C14H20N4. The summed E-state index contributed by atoms with van der Waals surface area (Å²) >= 11 is 0. The van der Waals surface area contributed by atoms with Gasteiger partial charge in [0.25, 0.3) is 0 Å². The van der Waals surface area contributed by atoms with Crippen molar-refractivity contribution in [2.45, 2.75) is 26.3 Å². The molecule has 0 radical (unpaired) electrons. The van der Waals surface area contributed by atoms with Crippen molar-refractivity contribution in [3.05, 3.63) is 47.5 Å². The van der Waals surface area contributed by atoms with E-state index in [-0.39, 0.29) is 6.04 Å². The third kappa shape index (κ3) is 2.96. The lowest BCUT2D eigenvalue weighted by Crippen LogP contribution is -2.24. The molecule has 4 nitrogen and oxygen atoms in total. The van der Waals surface area contributed by atoms with Crippen LogP contribution in [0.1, 0.15) is 30.0 Å². The molecule has 0 aromatic carbocycles. The molecule has 18 heavy (non-hydrogen) atoms. The lowest BCUT2D eigenvalue weighted by atomic mass is 10.1. The standard InChI is InChI=1S/C14H20N4/c1-4-15-14(13-7-5-6-8-16-13)10-12-9-11(2)17-18(12)3/h5-9,14-15H,4,10H2,1-3H3. The summed E-state index contributed by atoms with van der Waals surface area (Å²) in [5.74, 6) is 0. The first-order valence-corrected chi connectivity index (χ1v) is 6.34. The number of nitrogens with zero attached hydrogens (tertiary/aromatic N) is 3. The van der Waals surface area contributed by atoms with E-state index in [0.717, 1.165) is 24.4 Å². The normalized spacial score (nSPS) is 12.6. The highest BCUT2D eigenvalue weighted by atomic mass is 15.3. The molecule has 1 N–H and O–H groups in total. The van der Waals surface area contributed by atoms with Crippen molar-refractivity contribution in [2.75, 3.05) is 6.54 Å². The van der Waals surface area contributed by atoms with Gasteiger partial charge in [-0.2, -0.15) is 5.10 Å². The molecule has 0 saturated heterocycles. The number of aromatic nitrogens is 3. The molecule has 2 aromatic rings. The van der Waals surface area contributed by atoms with E-state index >= 15 is 0 Å². The van der Waals surface area contributed by atoms with Gasteiger partial charge in [0.1, 0.15) is 0 Å². The second kappa shape index (κ2) is 5.78. The summed E-state index contributed by atoms with van der Waals surface area (Å²) in [5, 5.41) is 7.87. The van der Waals surface area contributed by atoms with Crippen LogP contribution in [0.3, 0.4) is 0 Å². The number of hydrogen-bond donors (Lipinski definition) is 1. The van der Waals surface area contributed by atoms with Crippen molar-refractivity contribution >= 4 is 0 Å². The first kappa shape index (κ1) is 12.8. The van der Waals surface area contributed by atoms with Gasteiger partial charge in [0.2, 0.25) is 0 Å². The van der Waals surface area contributed by atoms with E-state index in [2.05, 4.69) is 34.5 Å². The van der Waals surface area contributed by atoms with Crippen molar-refractivity contribution in [1.82, 2.24) is 20.1 Å². The van der Waals surface area contributed by atoms with E-state index in [4.69, 9.17) is 0 Å². The number of aryl methyl sites for hydroxylation is 2. The SMILES string of the molecule is CCNC(Cc1cc(C)nn1C)c1ccccn1. The lowest BCUT2D eigenvalue weighted by molar-refractivity contribution is 0.517. The minimum atomic E-state index is 0.242.